The van der Waals surface area contributed by atoms with Gasteiger partial charge in [0.2, 0.25) is 0 Å². The van der Waals surface area contributed by atoms with Crippen molar-refractivity contribution >= 4 is 23.3 Å². The number of benzene rings is 1. The first kappa shape index (κ1) is 18.1. The van der Waals surface area contributed by atoms with Gasteiger partial charge in [-0.15, -0.1) is 11.3 Å². The Hall–Kier alpha value is -2.25. The summed E-state index contributed by atoms with van der Waals surface area (Å²) in [7, 11) is 1.46. The number of hydrogen-bond donors (Lipinski definition) is 1. The summed E-state index contributed by atoms with van der Waals surface area (Å²) in [6, 6.07) is 7.46. The number of carboxylic acid groups (broad SMARTS) is 1. The van der Waals surface area contributed by atoms with Gasteiger partial charge in [0.25, 0.3) is 0 Å². The number of aromatic nitrogens is 1. The van der Waals surface area contributed by atoms with E-state index in [-0.39, 0.29) is 17.6 Å². The molecule has 6 nitrogen and oxygen atoms in total. The number of ether oxygens (including phenoxy) is 1. The first-order chi connectivity index (χ1) is 13.0. The Morgan fingerprint density at radius 3 is 2.74 bits per heavy atom. The van der Waals surface area contributed by atoms with Gasteiger partial charge in [-0.3, -0.25) is 9.69 Å². The molecule has 0 radical (unpaired) electrons. The highest BCUT2D eigenvalue weighted by Crippen LogP contribution is 2.52. The predicted molar refractivity (Wildman–Crippen MR) is 101 cm³/mol. The molecular formula is C20H22N2O4S. The molecule has 2 aliphatic rings. The minimum atomic E-state index is -0.921. The summed E-state index contributed by atoms with van der Waals surface area (Å²) in [5.41, 5.74) is 3.55. The lowest BCUT2D eigenvalue weighted by Crippen LogP contribution is -2.45. The summed E-state index contributed by atoms with van der Waals surface area (Å²) in [4.78, 5) is 30.7. The average Bonchev–Trinajstić information content (AvgIpc) is 3.38. The number of methoxy groups -OCH3 is 1. The Kier molecular flexibility index (Phi) is 4.74. The van der Waals surface area contributed by atoms with Crippen LogP contribution in [0.5, 0.6) is 0 Å². The van der Waals surface area contributed by atoms with Gasteiger partial charge in [0, 0.05) is 30.4 Å². The number of carbonyl (C=O) groups is 2. The van der Waals surface area contributed by atoms with E-state index in [1.165, 1.54) is 7.11 Å². The molecule has 7 heteroatoms. The minimum absolute atomic E-state index is 0.121. The van der Waals surface area contributed by atoms with Crippen LogP contribution in [-0.4, -0.2) is 46.1 Å². The molecule has 0 aliphatic carbocycles. The molecule has 0 saturated carbocycles. The molecule has 142 valence electrons. The van der Waals surface area contributed by atoms with Crippen LogP contribution in [0, 0.1) is 5.41 Å². The smallest absolute Gasteiger partial charge is 0.335 e. The molecule has 1 N–H and O–H groups in total. The van der Waals surface area contributed by atoms with Gasteiger partial charge < -0.3 is 9.84 Å². The molecule has 3 atom stereocenters. The van der Waals surface area contributed by atoms with Crippen LogP contribution in [0.2, 0.25) is 0 Å². The molecule has 0 amide bonds. The third-order valence-corrected chi connectivity index (χ3v) is 6.65. The molecule has 1 aromatic heterocycles. The number of hydrogen-bond acceptors (Lipinski definition) is 6. The summed E-state index contributed by atoms with van der Waals surface area (Å²) in [6.45, 7) is 0.713. The molecule has 1 aromatic carbocycles. The number of aromatic carboxylic acids is 1. The van der Waals surface area contributed by atoms with Gasteiger partial charge >= 0.3 is 11.9 Å². The molecule has 3 heterocycles. The molecule has 2 aliphatic heterocycles. The normalized spacial score (nSPS) is 27.0. The first-order valence-corrected chi connectivity index (χ1v) is 10.0. The van der Waals surface area contributed by atoms with Gasteiger partial charge in [-0.1, -0.05) is 12.1 Å². The lowest BCUT2D eigenvalue weighted by atomic mass is 9.71. The zero-order valence-electron chi connectivity index (χ0n) is 15.1. The van der Waals surface area contributed by atoms with E-state index in [0.29, 0.717) is 19.0 Å². The lowest BCUT2D eigenvalue weighted by Gasteiger charge is -2.34. The van der Waals surface area contributed by atoms with Gasteiger partial charge in [0.15, 0.2) is 0 Å². The van der Waals surface area contributed by atoms with E-state index in [4.69, 9.17) is 9.84 Å². The fraction of sp³-hybridized carbons (Fsp3) is 0.450. The first-order valence-electron chi connectivity index (χ1n) is 9.07. The summed E-state index contributed by atoms with van der Waals surface area (Å²) in [5.74, 6) is -1.07. The van der Waals surface area contributed by atoms with Crippen LogP contribution < -0.4 is 0 Å². The van der Waals surface area contributed by atoms with Crippen LogP contribution >= 0.6 is 11.3 Å². The van der Waals surface area contributed by atoms with Crippen molar-refractivity contribution in [2.24, 2.45) is 5.41 Å². The molecule has 27 heavy (non-hydrogen) atoms. The van der Waals surface area contributed by atoms with Crippen LogP contribution in [-0.2, 0) is 22.5 Å². The van der Waals surface area contributed by atoms with E-state index in [1.807, 2.05) is 17.5 Å². The molecule has 0 unspecified atom stereocenters. The van der Waals surface area contributed by atoms with Crippen LogP contribution in [0.1, 0.15) is 40.9 Å². The van der Waals surface area contributed by atoms with E-state index in [9.17, 15) is 9.59 Å². The molecule has 2 bridgehead atoms. The number of carboxylic acids is 1. The van der Waals surface area contributed by atoms with Crippen LogP contribution in [0.15, 0.2) is 35.2 Å². The SMILES string of the molecule is COC(=O)[C@@]1(Cc2cscn2)C[C@H]2CC[C@@H]1N2Cc1ccc(C(=O)O)cc1. The van der Waals surface area contributed by atoms with Crippen LogP contribution in [0.4, 0.5) is 0 Å². The number of esters is 1. The number of rotatable bonds is 6. The second-order valence-corrected chi connectivity index (χ2v) is 8.15. The molecule has 2 fully saturated rings. The maximum absolute atomic E-state index is 12.8. The Morgan fingerprint density at radius 1 is 1.33 bits per heavy atom. The summed E-state index contributed by atoms with van der Waals surface area (Å²) >= 11 is 1.54. The van der Waals surface area contributed by atoms with Crippen molar-refractivity contribution in [1.82, 2.24) is 9.88 Å². The van der Waals surface area contributed by atoms with Crippen molar-refractivity contribution in [3.05, 3.63) is 52.0 Å². The molecular weight excluding hydrogens is 364 g/mol. The van der Waals surface area contributed by atoms with Gasteiger partial charge in [0.05, 0.1) is 29.3 Å². The molecule has 2 saturated heterocycles. The maximum Gasteiger partial charge on any atom is 0.335 e. The van der Waals surface area contributed by atoms with E-state index < -0.39 is 11.4 Å². The summed E-state index contributed by atoms with van der Waals surface area (Å²) < 4.78 is 5.22. The van der Waals surface area contributed by atoms with Crippen molar-refractivity contribution in [2.45, 2.75) is 44.3 Å². The van der Waals surface area contributed by atoms with Crippen molar-refractivity contribution < 1.29 is 19.4 Å². The fourth-order valence-corrected chi connectivity index (χ4v) is 5.40. The van der Waals surface area contributed by atoms with Crippen LogP contribution in [0.25, 0.3) is 0 Å². The highest BCUT2D eigenvalue weighted by Gasteiger charge is 2.60. The Balaban J connectivity index is 1.58. The highest BCUT2D eigenvalue weighted by molar-refractivity contribution is 7.07. The Morgan fingerprint density at radius 2 is 2.11 bits per heavy atom. The van der Waals surface area contributed by atoms with Crippen molar-refractivity contribution in [3.63, 3.8) is 0 Å². The number of nitrogens with zero attached hydrogens (tertiary/aromatic N) is 2. The molecule has 0 spiro atoms. The third kappa shape index (κ3) is 3.15. The fourth-order valence-electron chi connectivity index (χ4n) is 4.84. The topological polar surface area (TPSA) is 79.7 Å². The minimum Gasteiger partial charge on any atom is -0.478 e. The van der Waals surface area contributed by atoms with Crippen molar-refractivity contribution in [3.8, 4) is 0 Å². The Labute approximate surface area is 161 Å². The molecule has 2 aromatic rings. The van der Waals surface area contributed by atoms with Crippen molar-refractivity contribution in [2.75, 3.05) is 7.11 Å². The number of fused-ring (bicyclic) bond motifs is 2. The third-order valence-electron chi connectivity index (χ3n) is 6.02. The monoisotopic (exact) mass is 386 g/mol. The van der Waals surface area contributed by atoms with Crippen LogP contribution in [0.3, 0.4) is 0 Å². The van der Waals surface area contributed by atoms with E-state index >= 15 is 0 Å². The number of carbonyl (C=O) groups excluding carboxylic acids is 1. The van der Waals surface area contributed by atoms with Gasteiger partial charge in [0.1, 0.15) is 0 Å². The zero-order chi connectivity index (χ0) is 19.0. The zero-order valence-corrected chi connectivity index (χ0v) is 15.9. The second-order valence-electron chi connectivity index (χ2n) is 7.43. The lowest BCUT2D eigenvalue weighted by molar-refractivity contribution is -0.155. The predicted octanol–water partition coefficient (Wildman–Crippen LogP) is 2.98. The van der Waals surface area contributed by atoms with Crippen molar-refractivity contribution in [1.29, 1.82) is 0 Å². The summed E-state index contributed by atoms with van der Waals surface area (Å²) in [5, 5.41) is 11.1. The quantitative estimate of drug-likeness (QED) is 0.769. The van der Waals surface area contributed by atoms with E-state index in [2.05, 4.69) is 9.88 Å². The Bertz CT molecular complexity index is 836. The average molecular weight is 386 g/mol. The standard InChI is InChI=1S/C20H22N2O4S/c1-26-19(25)20(8-15-11-27-12-21-15)9-16-6-7-17(20)22(16)10-13-2-4-14(5-3-13)18(23)24/h2-5,11-12,16-17H,6-10H2,1H3,(H,23,24)/t16-,17+,20+/m1/s1. The van der Waals surface area contributed by atoms with Gasteiger partial charge in [-0.05, 0) is 37.0 Å². The van der Waals surface area contributed by atoms with Gasteiger partial charge in [-0.25, -0.2) is 9.78 Å². The van der Waals surface area contributed by atoms with Gasteiger partial charge in [-0.2, -0.15) is 0 Å². The highest BCUT2D eigenvalue weighted by atomic mass is 32.1. The summed E-state index contributed by atoms with van der Waals surface area (Å²) in [6.07, 6.45) is 3.44. The van der Waals surface area contributed by atoms with E-state index in [1.54, 1.807) is 29.0 Å². The molecule has 4 rings (SSSR count). The maximum atomic E-state index is 12.8. The van der Waals surface area contributed by atoms with E-state index in [0.717, 1.165) is 30.5 Å². The largest absolute Gasteiger partial charge is 0.478 e. The second kappa shape index (κ2) is 7.05. The number of thiazole rings is 1.